The minimum Gasteiger partial charge on any atom is -0.382 e. The van der Waals surface area contributed by atoms with Crippen molar-refractivity contribution in [3.8, 4) is 0 Å². The first kappa shape index (κ1) is 12.9. The van der Waals surface area contributed by atoms with Crippen LogP contribution in [0.5, 0.6) is 0 Å². The molecule has 1 heterocycles. The number of hydrogen-bond donors (Lipinski definition) is 1. The minimum atomic E-state index is -0.326. The van der Waals surface area contributed by atoms with Crippen LogP contribution >= 0.6 is 0 Å². The molecule has 0 aliphatic carbocycles. The van der Waals surface area contributed by atoms with E-state index in [1.54, 1.807) is 13.2 Å². The van der Waals surface area contributed by atoms with Gasteiger partial charge in [0, 0.05) is 20.3 Å². The fraction of sp³-hybridized carbons (Fsp3) is 0.545. The highest BCUT2D eigenvalue weighted by Gasteiger charge is 1.94. The predicted molar refractivity (Wildman–Crippen MR) is 60.0 cm³/mol. The van der Waals surface area contributed by atoms with Gasteiger partial charge in [0.25, 0.3) is 0 Å². The van der Waals surface area contributed by atoms with Crippen LogP contribution in [0, 0.1) is 5.82 Å². The monoisotopic (exact) mass is 228 g/mol. The topological polar surface area (TPSA) is 43.4 Å². The standard InChI is InChI=1S/C11H17FN2O2/c1-15-7-8-16-6-2-5-13-11-4-3-10(12)9-14-11/h3-4,9H,2,5-8H2,1H3,(H,13,14). The normalized spacial score (nSPS) is 10.4. The minimum absolute atomic E-state index is 0.326. The number of hydrogen-bond acceptors (Lipinski definition) is 4. The lowest BCUT2D eigenvalue weighted by Gasteiger charge is -2.05. The Hall–Kier alpha value is -1.20. The van der Waals surface area contributed by atoms with Crippen molar-refractivity contribution in [2.45, 2.75) is 6.42 Å². The maximum atomic E-state index is 12.5. The Morgan fingerprint density at radius 2 is 2.19 bits per heavy atom. The summed E-state index contributed by atoms with van der Waals surface area (Å²) in [4.78, 5) is 3.88. The second kappa shape index (κ2) is 8.01. The Morgan fingerprint density at radius 1 is 1.31 bits per heavy atom. The molecule has 0 aromatic carbocycles. The molecular formula is C11H17FN2O2. The van der Waals surface area contributed by atoms with Gasteiger partial charge in [-0.25, -0.2) is 9.37 Å². The zero-order valence-corrected chi connectivity index (χ0v) is 9.41. The Bertz CT molecular complexity index is 280. The Morgan fingerprint density at radius 3 is 2.88 bits per heavy atom. The van der Waals surface area contributed by atoms with Crippen molar-refractivity contribution in [3.05, 3.63) is 24.1 Å². The summed E-state index contributed by atoms with van der Waals surface area (Å²) in [5.41, 5.74) is 0. The molecule has 0 aliphatic heterocycles. The molecule has 0 spiro atoms. The molecule has 0 atom stereocenters. The second-order valence-electron chi connectivity index (χ2n) is 3.25. The largest absolute Gasteiger partial charge is 0.382 e. The lowest BCUT2D eigenvalue weighted by Crippen LogP contribution is -2.09. The summed E-state index contributed by atoms with van der Waals surface area (Å²) in [5, 5.41) is 3.07. The second-order valence-corrected chi connectivity index (χ2v) is 3.25. The highest BCUT2D eigenvalue weighted by Crippen LogP contribution is 2.02. The average Bonchev–Trinajstić information content (AvgIpc) is 2.30. The van der Waals surface area contributed by atoms with Crippen LogP contribution in [0.3, 0.4) is 0 Å². The van der Waals surface area contributed by atoms with Crippen molar-refractivity contribution in [2.24, 2.45) is 0 Å². The van der Waals surface area contributed by atoms with Crippen molar-refractivity contribution in [3.63, 3.8) is 0 Å². The SMILES string of the molecule is COCCOCCCNc1ccc(F)cn1. The van der Waals surface area contributed by atoms with Crippen molar-refractivity contribution < 1.29 is 13.9 Å². The van der Waals surface area contributed by atoms with Crippen LogP contribution in [0.4, 0.5) is 10.2 Å². The molecule has 0 bridgehead atoms. The van der Waals surface area contributed by atoms with E-state index >= 15 is 0 Å². The molecule has 1 N–H and O–H groups in total. The van der Waals surface area contributed by atoms with E-state index in [0.29, 0.717) is 25.6 Å². The third kappa shape index (κ3) is 5.63. The van der Waals surface area contributed by atoms with E-state index in [9.17, 15) is 4.39 Å². The van der Waals surface area contributed by atoms with E-state index in [-0.39, 0.29) is 5.82 Å². The lowest BCUT2D eigenvalue weighted by molar-refractivity contribution is 0.0705. The Kier molecular flexibility index (Phi) is 6.44. The zero-order chi connectivity index (χ0) is 11.6. The van der Waals surface area contributed by atoms with E-state index in [2.05, 4.69) is 10.3 Å². The molecule has 0 saturated carbocycles. The van der Waals surface area contributed by atoms with Crippen LogP contribution in [-0.4, -0.2) is 38.5 Å². The molecule has 0 fully saturated rings. The number of ether oxygens (including phenoxy) is 2. The number of halogens is 1. The number of anilines is 1. The first-order chi connectivity index (χ1) is 7.83. The maximum absolute atomic E-state index is 12.5. The van der Waals surface area contributed by atoms with Crippen LogP contribution in [0.15, 0.2) is 18.3 Å². The van der Waals surface area contributed by atoms with E-state index in [0.717, 1.165) is 13.0 Å². The van der Waals surface area contributed by atoms with Crippen molar-refractivity contribution in [2.75, 3.05) is 38.8 Å². The van der Waals surface area contributed by atoms with E-state index < -0.39 is 0 Å². The van der Waals surface area contributed by atoms with Gasteiger partial charge in [0.15, 0.2) is 0 Å². The number of nitrogens with zero attached hydrogens (tertiary/aromatic N) is 1. The zero-order valence-electron chi connectivity index (χ0n) is 9.41. The molecule has 0 amide bonds. The van der Waals surface area contributed by atoms with Gasteiger partial charge in [-0.3, -0.25) is 0 Å². The van der Waals surface area contributed by atoms with Crippen LogP contribution < -0.4 is 5.32 Å². The summed E-state index contributed by atoms with van der Waals surface area (Å²) >= 11 is 0. The summed E-state index contributed by atoms with van der Waals surface area (Å²) in [7, 11) is 1.64. The molecule has 0 unspecified atom stereocenters. The lowest BCUT2D eigenvalue weighted by atomic mass is 10.4. The number of nitrogens with one attached hydrogen (secondary N) is 1. The summed E-state index contributed by atoms with van der Waals surface area (Å²) in [6, 6.07) is 2.99. The highest BCUT2D eigenvalue weighted by atomic mass is 19.1. The molecule has 4 nitrogen and oxygen atoms in total. The van der Waals surface area contributed by atoms with Crippen molar-refractivity contribution >= 4 is 5.82 Å². The molecule has 90 valence electrons. The Balaban J connectivity index is 2.01. The maximum Gasteiger partial charge on any atom is 0.141 e. The van der Waals surface area contributed by atoms with Crippen LogP contribution in [0.1, 0.15) is 6.42 Å². The van der Waals surface area contributed by atoms with Crippen molar-refractivity contribution in [1.82, 2.24) is 4.98 Å². The fourth-order valence-electron chi connectivity index (χ4n) is 1.12. The van der Waals surface area contributed by atoms with Gasteiger partial charge in [-0.1, -0.05) is 0 Å². The van der Waals surface area contributed by atoms with Gasteiger partial charge in [0.05, 0.1) is 19.4 Å². The van der Waals surface area contributed by atoms with Crippen LogP contribution in [-0.2, 0) is 9.47 Å². The number of pyridine rings is 1. The quantitative estimate of drug-likeness (QED) is 0.687. The predicted octanol–water partition coefficient (Wildman–Crippen LogP) is 1.69. The molecule has 1 aromatic heterocycles. The van der Waals surface area contributed by atoms with Crippen molar-refractivity contribution in [1.29, 1.82) is 0 Å². The van der Waals surface area contributed by atoms with Gasteiger partial charge in [0.1, 0.15) is 11.6 Å². The highest BCUT2D eigenvalue weighted by molar-refractivity contribution is 5.33. The van der Waals surface area contributed by atoms with E-state index in [1.165, 1.54) is 12.3 Å². The number of methoxy groups -OCH3 is 1. The van der Waals surface area contributed by atoms with Gasteiger partial charge >= 0.3 is 0 Å². The van der Waals surface area contributed by atoms with Crippen LogP contribution in [0.2, 0.25) is 0 Å². The Labute approximate surface area is 94.8 Å². The van der Waals surface area contributed by atoms with E-state index in [4.69, 9.17) is 9.47 Å². The summed E-state index contributed by atoms with van der Waals surface area (Å²) in [6.45, 7) is 2.67. The third-order valence-corrected chi connectivity index (χ3v) is 1.93. The molecule has 1 aromatic rings. The smallest absolute Gasteiger partial charge is 0.141 e. The molecule has 16 heavy (non-hydrogen) atoms. The average molecular weight is 228 g/mol. The number of aromatic nitrogens is 1. The van der Waals surface area contributed by atoms with Gasteiger partial charge < -0.3 is 14.8 Å². The molecule has 1 rings (SSSR count). The molecule has 5 heteroatoms. The molecule has 0 aliphatic rings. The van der Waals surface area contributed by atoms with Gasteiger partial charge in [0.2, 0.25) is 0 Å². The fourth-order valence-corrected chi connectivity index (χ4v) is 1.12. The van der Waals surface area contributed by atoms with Gasteiger partial charge in [-0.15, -0.1) is 0 Å². The summed E-state index contributed by atoms with van der Waals surface area (Å²) < 4.78 is 22.7. The first-order valence-electron chi connectivity index (χ1n) is 5.25. The summed E-state index contributed by atoms with van der Waals surface area (Å²) in [6.07, 6.45) is 2.07. The van der Waals surface area contributed by atoms with Gasteiger partial charge in [-0.2, -0.15) is 0 Å². The number of rotatable bonds is 8. The van der Waals surface area contributed by atoms with Crippen LogP contribution in [0.25, 0.3) is 0 Å². The molecule has 0 saturated heterocycles. The van der Waals surface area contributed by atoms with Gasteiger partial charge in [-0.05, 0) is 18.6 Å². The molecule has 0 radical (unpaired) electrons. The van der Waals surface area contributed by atoms with E-state index in [1.807, 2.05) is 0 Å². The third-order valence-electron chi connectivity index (χ3n) is 1.93. The first-order valence-corrected chi connectivity index (χ1v) is 5.25. The summed E-state index contributed by atoms with van der Waals surface area (Å²) in [5.74, 6) is 0.353. The molecular weight excluding hydrogens is 211 g/mol.